The van der Waals surface area contributed by atoms with Crippen LogP contribution >= 0.6 is 0 Å². The lowest BCUT2D eigenvalue weighted by Crippen LogP contribution is -2.45. The van der Waals surface area contributed by atoms with Gasteiger partial charge in [-0.05, 0) is 20.8 Å². The molecule has 0 aliphatic carbocycles. The first-order valence-corrected chi connectivity index (χ1v) is 4.22. The highest BCUT2D eigenvalue weighted by molar-refractivity contribution is 5.04. The van der Waals surface area contributed by atoms with Crippen molar-refractivity contribution in [3.05, 3.63) is 0 Å². The molecule has 0 aromatic rings. The minimum absolute atomic E-state index is 0.325. The van der Waals surface area contributed by atoms with Crippen LogP contribution in [0.3, 0.4) is 0 Å². The Morgan fingerprint density at radius 2 is 2.17 bits per heavy atom. The lowest BCUT2D eigenvalue weighted by molar-refractivity contribution is 0.171. The molecule has 0 spiro atoms. The second-order valence-corrected chi connectivity index (χ2v) is 3.49. The van der Waals surface area contributed by atoms with Crippen LogP contribution in [-0.2, 0) is 4.74 Å². The van der Waals surface area contributed by atoms with Crippen molar-refractivity contribution in [3.8, 4) is 6.07 Å². The molecule has 0 aliphatic heterocycles. The highest BCUT2D eigenvalue weighted by Crippen LogP contribution is 2.08. The van der Waals surface area contributed by atoms with Crippen LogP contribution in [0.4, 0.5) is 0 Å². The quantitative estimate of drug-likeness (QED) is 0.676. The summed E-state index contributed by atoms with van der Waals surface area (Å²) in [6, 6.07) is 2.58. The maximum Gasteiger partial charge on any atom is 0.106 e. The zero-order valence-corrected chi connectivity index (χ0v) is 8.35. The van der Waals surface area contributed by atoms with Gasteiger partial charge < -0.3 is 4.74 Å². The smallest absolute Gasteiger partial charge is 0.106 e. The van der Waals surface area contributed by atoms with Crippen LogP contribution < -0.4 is 5.32 Å². The Morgan fingerprint density at radius 1 is 1.58 bits per heavy atom. The van der Waals surface area contributed by atoms with Crippen LogP contribution in [0.2, 0.25) is 0 Å². The Labute approximate surface area is 74.7 Å². The van der Waals surface area contributed by atoms with Crippen molar-refractivity contribution in [2.24, 2.45) is 0 Å². The van der Waals surface area contributed by atoms with Gasteiger partial charge >= 0.3 is 0 Å². The van der Waals surface area contributed by atoms with Gasteiger partial charge in [0.2, 0.25) is 0 Å². The number of nitrogens with zero attached hydrogens (tertiary/aromatic N) is 1. The highest BCUT2D eigenvalue weighted by Gasteiger charge is 2.23. The minimum atomic E-state index is -0.454. The third-order valence-corrected chi connectivity index (χ3v) is 1.66. The first kappa shape index (κ1) is 11.4. The normalized spacial score (nSPS) is 15.7. The van der Waals surface area contributed by atoms with Gasteiger partial charge in [-0.3, -0.25) is 5.32 Å². The zero-order chi connectivity index (χ0) is 9.61. The first-order valence-electron chi connectivity index (χ1n) is 4.22. The van der Waals surface area contributed by atoms with E-state index in [1.54, 1.807) is 7.11 Å². The van der Waals surface area contributed by atoms with Crippen molar-refractivity contribution in [2.75, 3.05) is 13.7 Å². The lowest BCUT2D eigenvalue weighted by Gasteiger charge is -2.25. The summed E-state index contributed by atoms with van der Waals surface area (Å²) < 4.78 is 4.93. The topological polar surface area (TPSA) is 45.0 Å². The van der Waals surface area contributed by atoms with Gasteiger partial charge in [-0.15, -0.1) is 0 Å². The predicted octanol–water partition coefficient (Wildman–Crippen LogP) is 1.30. The second-order valence-electron chi connectivity index (χ2n) is 3.49. The molecule has 70 valence electrons. The number of ether oxygens (including phenoxy) is 1. The Morgan fingerprint density at radius 3 is 2.50 bits per heavy atom. The summed E-state index contributed by atoms with van der Waals surface area (Å²) in [4.78, 5) is 0. The number of nitriles is 1. The van der Waals surface area contributed by atoms with E-state index in [4.69, 9.17) is 10.00 Å². The molecule has 0 bridgehead atoms. The molecule has 12 heavy (non-hydrogen) atoms. The van der Waals surface area contributed by atoms with Crippen LogP contribution in [0.15, 0.2) is 0 Å². The van der Waals surface area contributed by atoms with Crippen LogP contribution in [-0.4, -0.2) is 25.3 Å². The van der Waals surface area contributed by atoms with Crippen LogP contribution in [0.25, 0.3) is 0 Å². The Bertz CT molecular complexity index is 162. The van der Waals surface area contributed by atoms with E-state index in [0.717, 1.165) is 6.42 Å². The summed E-state index contributed by atoms with van der Waals surface area (Å²) in [7, 11) is 1.65. The predicted molar refractivity (Wildman–Crippen MR) is 48.8 cm³/mol. The number of rotatable bonds is 5. The van der Waals surface area contributed by atoms with Gasteiger partial charge in [0.15, 0.2) is 0 Å². The van der Waals surface area contributed by atoms with E-state index >= 15 is 0 Å². The molecule has 0 saturated carbocycles. The average Bonchev–Trinajstić information content (AvgIpc) is 2.00. The van der Waals surface area contributed by atoms with E-state index in [9.17, 15) is 0 Å². The van der Waals surface area contributed by atoms with Crippen molar-refractivity contribution in [3.63, 3.8) is 0 Å². The Balaban J connectivity index is 3.98. The molecular formula is C9H18N2O. The SMILES string of the molecule is COCCC(C)(C#N)NC(C)C. The molecule has 0 rings (SSSR count). The van der Waals surface area contributed by atoms with Gasteiger partial charge in [0.05, 0.1) is 6.07 Å². The summed E-state index contributed by atoms with van der Waals surface area (Å²) >= 11 is 0. The zero-order valence-electron chi connectivity index (χ0n) is 8.35. The molecule has 3 nitrogen and oxygen atoms in total. The fourth-order valence-electron chi connectivity index (χ4n) is 1.10. The van der Waals surface area contributed by atoms with Gasteiger partial charge in [0, 0.05) is 26.2 Å². The van der Waals surface area contributed by atoms with E-state index in [2.05, 4.69) is 11.4 Å². The largest absolute Gasteiger partial charge is 0.385 e. The molecule has 1 atom stereocenters. The molecule has 0 fully saturated rings. The molecule has 3 heteroatoms. The van der Waals surface area contributed by atoms with Crippen LogP contribution in [0, 0.1) is 11.3 Å². The molecule has 0 heterocycles. The standard InChI is InChI=1S/C9H18N2O/c1-8(2)11-9(3,7-10)5-6-12-4/h8,11H,5-6H2,1-4H3. The van der Waals surface area contributed by atoms with Crippen molar-refractivity contribution >= 4 is 0 Å². The van der Waals surface area contributed by atoms with E-state index in [1.807, 2.05) is 20.8 Å². The lowest BCUT2D eigenvalue weighted by atomic mass is 9.99. The fourth-order valence-corrected chi connectivity index (χ4v) is 1.10. The van der Waals surface area contributed by atoms with Crippen LogP contribution in [0.1, 0.15) is 27.2 Å². The molecule has 0 radical (unpaired) electrons. The van der Waals surface area contributed by atoms with Crippen molar-refractivity contribution < 1.29 is 4.74 Å². The van der Waals surface area contributed by atoms with E-state index in [0.29, 0.717) is 12.6 Å². The van der Waals surface area contributed by atoms with Gasteiger partial charge in [-0.2, -0.15) is 5.26 Å². The highest BCUT2D eigenvalue weighted by atomic mass is 16.5. The summed E-state index contributed by atoms with van der Waals surface area (Å²) in [5.41, 5.74) is -0.454. The average molecular weight is 170 g/mol. The maximum absolute atomic E-state index is 8.89. The summed E-state index contributed by atoms with van der Waals surface area (Å²) in [6.07, 6.45) is 0.720. The third-order valence-electron chi connectivity index (χ3n) is 1.66. The van der Waals surface area contributed by atoms with E-state index < -0.39 is 5.54 Å². The van der Waals surface area contributed by atoms with Gasteiger partial charge in [0.1, 0.15) is 5.54 Å². The number of hydrogen-bond donors (Lipinski definition) is 1. The summed E-state index contributed by atoms with van der Waals surface area (Å²) in [5.74, 6) is 0. The van der Waals surface area contributed by atoms with Gasteiger partial charge in [-0.25, -0.2) is 0 Å². The van der Waals surface area contributed by atoms with Gasteiger partial charge in [0.25, 0.3) is 0 Å². The van der Waals surface area contributed by atoms with Crippen molar-refractivity contribution in [2.45, 2.75) is 38.8 Å². The Kier molecular flexibility index (Phi) is 4.87. The second kappa shape index (κ2) is 5.13. The first-order chi connectivity index (χ1) is 5.54. The van der Waals surface area contributed by atoms with Crippen molar-refractivity contribution in [1.82, 2.24) is 5.32 Å². The van der Waals surface area contributed by atoms with E-state index in [-0.39, 0.29) is 0 Å². The van der Waals surface area contributed by atoms with Gasteiger partial charge in [-0.1, -0.05) is 0 Å². The number of nitrogens with one attached hydrogen (secondary N) is 1. The summed E-state index contributed by atoms with van der Waals surface area (Å²) in [5, 5.41) is 12.1. The molecule has 0 saturated heterocycles. The molecule has 1 N–H and O–H groups in total. The van der Waals surface area contributed by atoms with Crippen LogP contribution in [0.5, 0.6) is 0 Å². The molecule has 1 unspecified atom stereocenters. The molecule has 0 aliphatic rings. The third kappa shape index (κ3) is 4.32. The molecule has 0 amide bonds. The Hall–Kier alpha value is -0.590. The summed E-state index contributed by atoms with van der Waals surface area (Å²) in [6.45, 7) is 6.57. The number of methoxy groups -OCH3 is 1. The minimum Gasteiger partial charge on any atom is -0.385 e. The van der Waals surface area contributed by atoms with Crippen molar-refractivity contribution in [1.29, 1.82) is 5.26 Å². The fraction of sp³-hybridized carbons (Fsp3) is 0.889. The maximum atomic E-state index is 8.89. The van der Waals surface area contributed by atoms with E-state index in [1.165, 1.54) is 0 Å². The molecule has 0 aromatic carbocycles. The molecular weight excluding hydrogens is 152 g/mol. The molecule has 0 aromatic heterocycles. The monoisotopic (exact) mass is 170 g/mol. The number of hydrogen-bond acceptors (Lipinski definition) is 3.